The van der Waals surface area contributed by atoms with Crippen molar-refractivity contribution in [2.24, 2.45) is 0 Å². The second-order valence-corrected chi connectivity index (χ2v) is 8.16. The zero-order chi connectivity index (χ0) is 16.6. The van der Waals surface area contributed by atoms with Crippen LogP contribution in [0.2, 0.25) is 0 Å². The van der Waals surface area contributed by atoms with E-state index >= 15 is 0 Å². The second kappa shape index (κ2) is 6.13. The first kappa shape index (κ1) is 16.3. The Hall–Kier alpha value is -1.60. The minimum absolute atomic E-state index is 0.106. The number of ether oxygens (including phenoxy) is 1. The van der Waals surface area contributed by atoms with E-state index in [2.05, 4.69) is 5.32 Å². The predicted molar refractivity (Wildman–Crippen MR) is 88.2 cm³/mol. The lowest BCUT2D eigenvalue weighted by atomic mass is 10.1. The van der Waals surface area contributed by atoms with Crippen LogP contribution in [0.15, 0.2) is 18.2 Å². The molecule has 2 aliphatic rings. The number of nitrogens with one attached hydrogen (secondary N) is 1. The number of rotatable bonds is 4. The lowest BCUT2D eigenvalue weighted by Crippen LogP contribution is -2.34. The maximum atomic E-state index is 12.3. The monoisotopic (exact) mass is 338 g/mol. The molecule has 2 aliphatic heterocycles. The van der Waals surface area contributed by atoms with Crippen LogP contribution in [0.4, 0.5) is 5.69 Å². The third-order valence-electron chi connectivity index (χ3n) is 4.37. The number of hydrogen-bond acceptors (Lipinski definition) is 4. The van der Waals surface area contributed by atoms with Crippen LogP contribution in [-0.2, 0) is 21.2 Å². The largest absolute Gasteiger partial charge is 0.376 e. The van der Waals surface area contributed by atoms with Gasteiger partial charge in [0.15, 0.2) is 0 Å². The van der Waals surface area contributed by atoms with Crippen LogP contribution in [-0.4, -0.2) is 45.9 Å². The Morgan fingerprint density at radius 2 is 2.22 bits per heavy atom. The summed E-state index contributed by atoms with van der Waals surface area (Å²) < 4.78 is 30.7. The highest BCUT2D eigenvalue weighted by molar-refractivity contribution is 7.92. The fourth-order valence-electron chi connectivity index (χ4n) is 3.36. The van der Waals surface area contributed by atoms with E-state index < -0.39 is 10.0 Å². The average Bonchev–Trinajstić information content (AvgIpc) is 3.09. The van der Waals surface area contributed by atoms with Gasteiger partial charge >= 0.3 is 0 Å². The van der Waals surface area contributed by atoms with E-state index in [0.29, 0.717) is 24.2 Å². The molecule has 0 spiro atoms. The Bertz CT molecular complexity index is 711. The number of anilines is 1. The summed E-state index contributed by atoms with van der Waals surface area (Å²) in [5.41, 5.74) is 2.13. The summed E-state index contributed by atoms with van der Waals surface area (Å²) in [7, 11) is -3.30. The fourth-order valence-corrected chi connectivity index (χ4v) is 4.63. The summed E-state index contributed by atoms with van der Waals surface area (Å²) in [6, 6.07) is 5.08. The molecule has 3 rings (SSSR count). The van der Waals surface area contributed by atoms with Gasteiger partial charge in [-0.25, -0.2) is 8.42 Å². The van der Waals surface area contributed by atoms with Crippen molar-refractivity contribution in [3.05, 3.63) is 29.3 Å². The number of amides is 1. The van der Waals surface area contributed by atoms with Gasteiger partial charge in [0.1, 0.15) is 0 Å². The number of fused-ring (bicyclic) bond motifs is 1. The van der Waals surface area contributed by atoms with Crippen molar-refractivity contribution in [1.82, 2.24) is 5.32 Å². The molecule has 1 N–H and O–H groups in total. The van der Waals surface area contributed by atoms with Gasteiger partial charge in [0.05, 0.1) is 18.0 Å². The SMILES string of the molecule is CC1Cc2cc(C(=O)NCC3CCCO3)ccc2N1S(C)(=O)=O. The van der Waals surface area contributed by atoms with Crippen LogP contribution in [0.3, 0.4) is 0 Å². The molecular weight excluding hydrogens is 316 g/mol. The van der Waals surface area contributed by atoms with E-state index in [1.54, 1.807) is 18.2 Å². The summed E-state index contributed by atoms with van der Waals surface area (Å²) in [5, 5.41) is 2.89. The zero-order valence-electron chi connectivity index (χ0n) is 13.4. The van der Waals surface area contributed by atoms with E-state index in [1.165, 1.54) is 10.6 Å². The summed E-state index contributed by atoms with van der Waals surface area (Å²) in [4.78, 5) is 12.3. The van der Waals surface area contributed by atoms with Gasteiger partial charge in [-0.1, -0.05) is 0 Å². The number of carbonyl (C=O) groups excluding carboxylic acids is 1. The number of benzene rings is 1. The van der Waals surface area contributed by atoms with E-state index in [0.717, 1.165) is 25.0 Å². The first-order valence-corrected chi connectivity index (χ1v) is 9.73. The molecule has 2 unspecified atom stereocenters. The Labute approximate surface area is 136 Å². The van der Waals surface area contributed by atoms with E-state index in [9.17, 15) is 13.2 Å². The third kappa shape index (κ3) is 3.35. The fraction of sp³-hybridized carbons (Fsp3) is 0.562. The molecule has 1 saturated heterocycles. The first-order chi connectivity index (χ1) is 10.9. The second-order valence-electron chi connectivity index (χ2n) is 6.30. The maximum Gasteiger partial charge on any atom is 0.251 e. The molecule has 126 valence electrons. The highest BCUT2D eigenvalue weighted by atomic mass is 32.2. The van der Waals surface area contributed by atoms with Gasteiger partial charge in [-0.05, 0) is 49.9 Å². The van der Waals surface area contributed by atoms with Gasteiger partial charge in [0.2, 0.25) is 10.0 Å². The number of nitrogens with zero attached hydrogens (tertiary/aromatic N) is 1. The van der Waals surface area contributed by atoms with Gasteiger partial charge < -0.3 is 10.1 Å². The van der Waals surface area contributed by atoms with Crippen LogP contribution >= 0.6 is 0 Å². The van der Waals surface area contributed by atoms with Crippen LogP contribution in [0.1, 0.15) is 35.7 Å². The molecule has 0 aliphatic carbocycles. The molecule has 2 atom stereocenters. The normalized spacial score (nSPS) is 23.8. The highest BCUT2D eigenvalue weighted by Crippen LogP contribution is 2.34. The smallest absolute Gasteiger partial charge is 0.251 e. The van der Waals surface area contributed by atoms with Crippen molar-refractivity contribution in [2.75, 3.05) is 23.7 Å². The van der Waals surface area contributed by atoms with Crippen molar-refractivity contribution >= 4 is 21.6 Å². The maximum absolute atomic E-state index is 12.3. The van der Waals surface area contributed by atoms with Gasteiger partial charge in [-0.3, -0.25) is 9.10 Å². The van der Waals surface area contributed by atoms with Crippen LogP contribution < -0.4 is 9.62 Å². The standard InChI is InChI=1S/C16H22N2O4S/c1-11-8-13-9-12(5-6-15(13)18(11)23(2,20)21)16(19)17-10-14-4-3-7-22-14/h5-6,9,11,14H,3-4,7-8,10H2,1-2H3,(H,17,19). The van der Waals surface area contributed by atoms with Crippen LogP contribution in [0.5, 0.6) is 0 Å². The molecule has 2 heterocycles. The van der Waals surface area contributed by atoms with Crippen molar-refractivity contribution in [2.45, 2.75) is 38.3 Å². The molecule has 0 aromatic heterocycles. The molecule has 7 heteroatoms. The van der Waals surface area contributed by atoms with Crippen molar-refractivity contribution in [1.29, 1.82) is 0 Å². The molecule has 0 bridgehead atoms. The van der Waals surface area contributed by atoms with Gasteiger partial charge in [-0.2, -0.15) is 0 Å². The molecule has 6 nitrogen and oxygen atoms in total. The molecule has 1 aromatic carbocycles. The summed E-state index contributed by atoms with van der Waals surface area (Å²) >= 11 is 0. The quantitative estimate of drug-likeness (QED) is 0.898. The Balaban J connectivity index is 1.74. The number of hydrogen-bond donors (Lipinski definition) is 1. The minimum Gasteiger partial charge on any atom is -0.376 e. The molecule has 1 fully saturated rings. The number of sulfonamides is 1. The highest BCUT2D eigenvalue weighted by Gasteiger charge is 2.32. The topological polar surface area (TPSA) is 75.7 Å². The van der Waals surface area contributed by atoms with Gasteiger partial charge in [0, 0.05) is 24.8 Å². The van der Waals surface area contributed by atoms with E-state index in [1.807, 2.05) is 6.92 Å². The molecule has 0 saturated carbocycles. The Morgan fingerprint density at radius 1 is 1.43 bits per heavy atom. The minimum atomic E-state index is -3.30. The molecule has 1 aromatic rings. The Kier molecular flexibility index (Phi) is 4.33. The Morgan fingerprint density at radius 3 is 2.87 bits per heavy atom. The first-order valence-electron chi connectivity index (χ1n) is 7.88. The molecule has 0 radical (unpaired) electrons. The molecular formula is C16H22N2O4S. The van der Waals surface area contributed by atoms with Crippen LogP contribution in [0.25, 0.3) is 0 Å². The predicted octanol–water partition coefficient (Wildman–Crippen LogP) is 1.31. The average molecular weight is 338 g/mol. The third-order valence-corrected chi connectivity index (χ3v) is 5.64. The lowest BCUT2D eigenvalue weighted by Gasteiger charge is -2.22. The van der Waals surface area contributed by atoms with Gasteiger partial charge in [-0.15, -0.1) is 0 Å². The van der Waals surface area contributed by atoms with Crippen molar-refractivity contribution < 1.29 is 17.9 Å². The van der Waals surface area contributed by atoms with Crippen molar-refractivity contribution in [3.63, 3.8) is 0 Å². The van der Waals surface area contributed by atoms with Gasteiger partial charge in [0.25, 0.3) is 5.91 Å². The van der Waals surface area contributed by atoms with Crippen LogP contribution in [0, 0.1) is 0 Å². The van der Waals surface area contributed by atoms with E-state index in [-0.39, 0.29) is 18.1 Å². The lowest BCUT2D eigenvalue weighted by molar-refractivity contribution is 0.0857. The number of carbonyl (C=O) groups is 1. The zero-order valence-corrected chi connectivity index (χ0v) is 14.2. The molecule has 1 amide bonds. The van der Waals surface area contributed by atoms with Crippen molar-refractivity contribution in [3.8, 4) is 0 Å². The molecule has 23 heavy (non-hydrogen) atoms. The summed E-state index contributed by atoms with van der Waals surface area (Å²) in [6.45, 7) is 3.15. The summed E-state index contributed by atoms with van der Waals surface area (Å²) in [5.74, 6) is -0.145. The summed E-state index contributed by atoms with van der Waals surface area (Å²) in [6.07, 6.45) is 3.95. The van der Waals surface area contributed by atoms with E-state index in [4.69, 9.17) is 4.74 Å².